The maximum atomic E-state index is 5.66. The highest BCUT2D eigenvalue weighted by molar-refractivity contribution is 9.10. The molecule has 2 nitrogen and oxygen atoms in total. The fraction of sp³-hybridized carbons (Fsp3) is 0.455. The van der Waals surface area contributed by atoms with Crippen molar-refractivity contribution in [3.63, 3.8) is 0 Å². The molecule has 0 heterocycles. The molecule has 0 spiro atoms. The van der Waals surface area contributed by atoms with Crippen LogP contribution in [-0.4, -0.2) is 6.04 Å². The molecule has 78 valence electrons. The Hall–Kier alpha value is -0.700. The summed E-state index contributed by atoms with van der Waals surface area (Å²) >= 11 is 3.48. The predicted octanol–water partition coefficient (Wildman–Crippen LogP) is 3.49. The van der Waals surface area contributed by atoms with Crippen molar-refractivity contribution >= 4 is 27.3 Å². The Labute approximate surface area is 94.0 Å². The topological polar surface area (TPSA) is 38.0 Å². The minimum Gasteiger partial charge on any atom is -0.399 e. The van der Waals surface area contributed by atoms with Gasteiger partial charge in [-0.3, -0.25) is 0 Å². The van der Waals surface area contributed by atoms with Crippen LogP contribution in [-0.2, 0) is 0 Å². The van der Waals surface area contributed by atoms with Crippen LogP contribution in [0.3, 0.4) is 0 Å². The van der Waals surface area contributed by atoms with Crippen LogP contribution < -0.4 is 11.1 Å². The predicted molar refractivity (Wildman–Crippen MR) is 66.5 cm³/mol. The third-order valence-electron chi connectivity index (χ3n) is 2.38. The van der Waals surface area contributed by atoms with E-state index in [-0.39, 0.29) is 0 Å². The first-order chi connectivity index (χ1) is 6.50. The fourth-order valence-corrected chi connectivity index (χ4v) is 1.57. The molecule has 1 aromatic carbocycles. The third kappa shape index (κ3) is 2.91. The normalized spacial score (nSPS) is 12.9. The van der Waals surface area contributed by atoms with Gasteiger partial charge in [-0.05, 0) is 47.0 Å². The average molecular weight is 257 g/mol. The summed E-state index contributed by atoms with van der Waals surface area (Å²) in [5, 5.41) is 3.43. The number of hydrogen-bond acceptors (Lipinski definition) is 2. The van der Waals surface area contributed by atoms with Crippen LogP contribution in [0.15, 0.2) is 22.7 Å². The van der Waals surface area contributed by atoms with Gasteiger partial charge in [0.05, 0.1) is 0 Å². The lowest BCUT2D eigenvalue weighted by atomic mass is 10.1. The molecule has 0 aliphatic rings. The van der Waals surface area contributed by atoms with Gasteiger partial charge in [0.15, 0.2) is 0 Å². The van der Waals surface area contributed by atoms with Crippen molar-refractivity contribution in [2.24, 2.45) is 5.92 Å². The average Bonchev–Trinajstić information content (AvgIpc) is 2.09. The van der Waals surface area contributed by atoms with E-state index in [0.717, 1.165) is 15.8 Å². The van der Waals surface area contributed by atoms with Gasteiger partial charge in [-0.15, -0.1) is 0 Å². The Balaban J connectivity index is 2.77. The molecule has 14 heavy (non-hydrogen) atoms. The zero-order chi connectivity index (χ0) is 10.7. The molecule has 1 rings (SSSR count). The van der Waals surface area contributed by atoms with Crippen molar-refractivity contribution in [2.45, 2.75) is 26.8 Å². The maximum Gasteiger partial charge on any atom is 0.0488 e. The number of nitrogens with one attached hydrogen (secondary N) is 1. The molecule has 0 bridgehead atoms. The number of benzene rings is 1. The molecule has 0 radical (unpaired) electrons. The van der Waals surface area contributed by atoms with Crippen molar-refractivity contribution in [2.75, 3.05) is 11.1 Å². The van der Waals surface area contributed by atoms with E-state index < -0.39 is 0 Å². The van der Waals surface area contributed by atoms with Gasteiger partial charge in [0.25, 0.3) is 0 Å². The minimum absolute atomic E-state index is 0.454. The molecule has 0 aliphatic heterocycles. The van der Waals surface area contributed by atoms with E-state index in [1.165, 1.54) is 0 Å². The van der Waals surface area contributed by atoms with Crippen molar-refractivity contribution < 1.29 is 0 Å². The summed E-state index contributed by atoms with van der Waals surface area (Å²) in [7, 11) is 0. The maximum absolute atomic E-state index is 5.66. The highest BCUT2D eigenvalue weighted by Gasteiger charge is 2.08. The van der Waals surface area contributed by atoms with E-state index >= 15 is 0 Å². The van der Waals surface area contributed by atoms with Gasteiger partial charge >= 0.3 is 0 Å². The summed E-state index contributed by atoms with van der Waals surface area (Å²) in [6, 6.07) is 6.27. The minimum atomic E-state index is 0.454. The summed E-state index contributed by atoms with van der Waals surface area (Å²) in [6.07, 6.45) is 0. The van der Waals surface area contributed by atoms with Gasteiger partial charge in [0.2, 0.25) is 0 Å². The zero-order valence-electron chi connectivity index (χ0n) is 8.84. The Morgan fingerprint density at radius 1 is 1.29 bits per heavy atom. The van der Waals surface area contributed by atoms with Crippen LogP contribution in [0.2, 0.25) is 0 Å². The molecule has 0 saturated carbocycles. The van der Waals surface area contributed by atoms with Gasteiger partial charge in [-0.1, -0.05) is 13.8 Å². The van der Waals surface area contributed by atoms with E-state index in [1.54, 1.807) is 0 Å². The van der Waals surface area contributed by atoms with Crippen molar-refractivity contribution in [3.05, 3.63) is 22.7 Å². The lowest BCUT2D eigenvalue weighted by molar-refractivity contribution is 0.560. The highest BCUT2D eigenvalue weighted by atomic mass is 79.9. The standard InChI is InChI=1S/C11H17BrN2/c1-7(2)8(3)14-11-5-4-9(13)6-10(11)12/h4-8,14H,13H2,1-3H3. The molecular weight excluding hydrogens is 240 g/mol. The van der Waals surface area contributed by atoms with E-state index in [0.29, 0.717) is 12.0 Å². The van der Waals surface area contributed by atoms with E-state index in [2.05, 4.69) is 42.0 Å². The number of nitrogens with two attached hydrogens (primary N) is 1. The number of hydrogen-bond donors (Lipinski definition) is 2. The van der Waals surface area contributed by atoms with Crippen molar-refractivity contribution in [1.82, 2.24) is 0 Å². The molecule has 0 aliphatic carbocycles. The monoisotopic (exact) mass is 256 g/mol. The van der Waals surface area contributed by atoms with Crippen LogP contribution >= 0.6 is 15.9 Å². The van der Waals surface area contributed by atoms with E-state index in [1.807, 2.05) is 18.2 Å². The lowest BCUT2D eigenvalue weighted by Gasteiger charge is -2.19. The first-order valence-corrected chi connectivity index (χ1v) is 5.61. The Bertz CT molecular complexity index is 310. The fourth-order valence-electron chi connectivity index (χ4n) is 1.06. The van der Waals surface area contributed by atoms with Gasteiger partial charge < -0.3 is 11.1 Å². The van der Waals surface area contributed by atoms with Crippen LogP contribution in [0, 0.1) is 5.92 Å². The second kappa shape index (κ2) is 4.69. The molecule has 0 amide bonds. The van der Waals surface area contributed by atoms with Gasteiger partial charge in [0.1, 0.15) is 0 Å². The molecular formula is C11H17BrN2. The largest absolute Gasteiger partial charge is 0.399 e. The third-order valence-corrected chi connectivity index (χ3v) is 3.03. The molecule has 1 atom stereocenters. The second-order valence-corrected chi connectivity index (χ2v) is 4.77. The first kappa shape index (κ1) is 11.4. The van der Waals surface area contributed by atoms with Crippen molar-refractivity contribution in [1.29, 1.82) is 0 Å². The second-order valence-electron chi connectivity index (χ2n) is 3.92. The summed E-state index contributed by atoms with van der Waals surface area (Å²) in [5.74, 6) is 0.611. The lowest BCUT2D eigenvalue weighted by Crippen LogP contribution is -2.21. The van der Waals surface area contributed by atoms with Crippen LogP contribution in [0.1, 0.15) is 20.8 Å². The van der Waals surface area contributed by atoms with Crippen LogP contribution in [0.5, 0.6) is 0 Å². The molecule has 1 unspecified atom stereocenters. The summed E-state index contributed by atoms with van der Waals surface area (Å²) in [5.41, 5.74) is 7.54. The van der Waals surface area contributed by atoms with Gasteiger partial charge in [-0.25, -0.2) is 0 Å². The molecule has 0 fully saturated rings. The number of anilines is 2. The number of rotatable bonds is 3. The molecule has 0 saturated heterocycles. The Morgan fingerprint density at radius 3 is 2.43 bits per heavy atom. The first-order valence-electron chi connectivity index (χ1n) is 4.82. The number of nitrogen functional groups attached to an aromatic ring is 1. The smallest absolute Gasteiger partial charge is 0.0488 e. The highest BCUT2D eigenvalue weighted by Crippen LogP contribution is 2.26. The summed E-state index contributed by atoms with van der Waals surface area (Å²) < 4.78 is 1.02. The Kier molecular flexibility index (Phi) is 3.81. The summed E-state index contributed by atoms with van der Waals surface area (Å²) in [4.78, 5) is 0. The zero-order valence-corrected chi connectivity index (χ0v) is 10.4. The summed E-state index contributed by atoms with van der Waals surface area (Å²) in [6.45, 7) is 6.57. The van der Waals surface area contributed by atoms with Crippen LogP contribution in [0.25, 0.3) is 0 Å². The molecule has 3 N–H and O–H groups in total. The SMILES string of the molecule is CC(C)C(C)Nc1ccc(N)cc1Br. The van der Waals surface area contributed by atoms with Crippen LogP contribution in [0.4, 0.5) is 11.4 Å². The van der Waals surface area contributed by atoms with Gasteiger partial charge in [0, 0.05) is 21.9 Å². The van der Waals surface area contributed by atoms with Crippen molar-refractivity contribution in [3.8, 4) is 0 Å². The molecule has 1 aromatic rings. The molecule has 0 aromatic heterocycles. The van der Waals surface area contributed by atoms with E-state index in [9.17, 15) is 0 Å². The number of halogens is 1. The Morgan fingerprint density at radius 2 is 1.93 bits per heavy atom. The molecule has 3 heteroatoms. The van der Waals surface area contributed by atoms with E-state index in [4.69, 9.17) is 5.73 Å². The quantitative estimate of drug-likeness (QED) is 0.813. The van der Waals surface area contributed by atoms with Gasteiger partial charge in [-0.2, -0.15) is 0 Å².